The van der Waals surface area contributed by atoms with E-state index in [9.17, 15) is 10.1 Å². The number of hydrogen-bond acceptors (Lipinski definition) is 5. The Balaban J connectivity index is 1.94. The average molecular weight is 282 g/mol. The SMILES string of the molecule is N#CCCN(c1ccc2cc([N+](=O)[O-])ccc2n1)C1CC1. The zero-order chi connectivity index (χ0) is 14.8. The molecule has 0 spiro atoms. The molecule has 1 aromatic carbocycles. The van der Waals surface area contributed by atoms with Crippen molar-refractivity contribution in [3.05, 3.63) is 40.4 Å². The molecule has 21 heavy (non-hydrogen) atoms. The fourth-order valence-electron chi connectivity index (χ4n) is 2.42. The number of nitro groups is 1. The van der Waals surface area contributed by atoms with Crippen LogP contribution in [0.2, 0.25) is 0 Å². The fraction of sp³-hybridized carbons (Fsp3) is 0.333. The summed E-state index contributed by atoms with van der Waals surface area (Å²) < 4.78 is 0. The molecule has 3 rings (SSSR count). The van der Waals surface area contributed by atoms with Gasteiger partial charge in [-0.25, -0.2) is 4.98 Å². The van der Waals surface area contributed by atoms with Gasteiger partial charge in [0.25, 0.3) is 5.69 Å². The quantitative estimate of drug-likeness (QED) is 0.621. The molecule has 0 saturated heterocycles. The maximum Gasteiger partial charge on any atom is 0.270 e. The van der Waals surface area contributed by atoms with Crippen molar-refractivity contribution in [3.63, 3.8) is 0 Å². The smallest absolute Gasteiger partial charge is 0.270 e. The maximum absolute atomic E-state index is 10.8. The summed E-state index contributed by atoms with van der Waals surface area (Å²) in [5.41, 5.74) is 0.807. The van der Waals surface area contributed by atoms with Crippen LogP contribution in [0.25, 0.3) is 10.9 Å². The van der Waals surface area contributed by atoms with Crippen LogP contribution in [0.15, 0.2) is 30.3 Å². The van der Waals surface area contributed by atoms with Gasteiger partial charge in [0.05, 0.1) is 22.9 Å². The minimum Gasteiger partial charge on any atom is -0.353 e. The van der Waals surface area contributed by atoms with E-state index in [1.54, 1.807) is 6.07 Å². The molecular formula is C15H14N4O2. The van der Waals surface area contributed by atoms with Gasteiger partial charge in [0, 0.05) is 30.1 Å². The molecule has 0 radical (unpaired) electrons. The fourth-order valence-corrected chi connectivity index (χ4v) is 2.42. The molecule has 1 aromatic heterocycles. The molecule has 0 bridgehead atoms. The normalized spacial score (nSPS) is 13.9. The van der Waals surface area contributed by atoms with Gasteiger partial charge in [-0.05, 0) is 31.0 Å². The van der Waals surface area contributed by atoms with E-state index in [1.165, 1.54) is 12.1 Å². The van der Waals surface area contributed by atoms with Crippen molar-refractivity contribution in [2.45, 2.75) is 25.3 Å². The van der Waals surface area contributed by atoms with Crippen molar-refractivity contribution < 1.29 is 4.92 Å². The molecular weight excluding hydrogens is 268 g/mol. The number of nitriles is 1. The Hall–Kier alpha value is -2.68. The van der Waals surface area contributed by atoms with Crippen LogP contribution in [0.1, 0.15) is 19.3 Å². The predicted molar refractivity (Wildman–Crippen MR) is 79.0 cm³/mol. The highest BCUT2D eigenvalue weighted by molar-refractivity contribution is 5.82. The molecule has 0 aliphatic heterocycles. The van der Waals surface area contributed by atoms with Gasteiger partial charge in [0.1, 0.15) is 5.82 Å². The van der Waals surface area contributed by atoms with E-state index in [-0.39, 0.29) is 5.69 Å². The molecule has 1 heterocycles. The average Bonchev–Trinajstić information content (AvgIpc) is 3.31. The summed E-state index contributed by atoms with van der Waals surface area (Å²) >= 11 is 0. The van der Waals surface area contributed by atoms with Crippen LogP contribution in [0, 0.1) is 21.4 Å². The summed E-state index contributed by atoms with van der Waals surface area (Å²) in [7, 11) is 0. The Morgan fingerprint density at radius 1 is 1.38 bits per heavy atom. The zero-order valence-electron chi connectivity index (χ0n) is 11.4. The number of rotatable bonds is 5. The molecule has 0 atom stereocenters. The number of hydrogen-bond donors (Lipinski definition) is 0. The standard InChI is InChI=1S/C15H14N4O2/c16-8-1-9-18(12-3-4-12)15-7-2-11-10-13(19(20)21)5-6-14(11)17-15/h2,5-7,10,12H,1,3-4,9H2. The van der Waals surface area contributed by atoms with Gasteiger partial charge in [-0.3, -0.25) is 10.1 Å². The third-order valence-electron chi connectivity index (χ3n) is 3.62. The van der Waals surface area contributed by atoms with Crippen molar-refractivity contribution in [3.8, 4) is 6.07 Å². The number of pyridine rings is 1. The highest BCUT2D eigenvalue weighted by Crippen LogP contribution is 2.32. The van der Waals surface area contributed by atoms with E-state index in [2.05, 4.69) is 16.0 Å². The van der Waals surface area contributed by atoms with Crippen LogP contribution in [0.3, 0.4) is 0 Å². The predicted octanol–water partition coefficient (Wildman–Crippen LogP) is 3.03. The number of nitrogens with zero attached hydrogens (tertiary/aromatic N) is 4. The third-order valence-corrected chi connectivity index (χ3v) is 3.62. The van der Waals surface area contributed by atoms with Crippen LogP contribution in [-0.4, -0.2) is 22.5 Å². The van der Waals surface area contributed by atoms with Crippen LogP contribution < -0.4 is 4.90 Å². The van der Waals surface area contributed by atoms with Crippen molar-refractivity contribution in [1.29, 1.82) is 5.26 Å². The Kier molecular flexibility index (Phi) is 3.40. The summed E-state index contributed by atoms with van der Waals surface area (Å²) in [5, 5.41) is 20.3. The maximum atomic E-state index is 10.8. The van der Waals surface area contributed by atoms with Gasteiger partial charge < -0.3 is 4.90 Å². The molecule has 6 heteroatoms. The van der Waals surface area contributed by atoms with Crippen molar-refractivity contribution >= 4 is 22.4 Å². The molecule has 1 fully saturated rings. The summed E-state index contributed by atoms with van der Waals surface area (Å²) in [6.45, 7) is 0.673. The topological polar surface area (TPSA) is 83.1 Å². The summed E-state index contributed by atoms with van der Waals surface area (Å²) in [4.78, 5) is 17.1. The monoisotopic (exact) mass is 282 g/mol. The van der Waals surface area contributed by atoms with Crippen molar-refractivity contribution in [1.82, 2.24) is 4.98 Å². The lowest BCUT2D eigenvalue weighted by Gasteiger charge is -2.22. The second kappa shape index (κ2) is 5.37. The van der Waals surface area contributed by atoms with Crippen molar-refractivity contribution in [2.75, 3.05) is 11.4 Å². The molecule has 0 amide bonds. The Morgan fingerprint density at radius 3 is 2.86 bits per heavy atom. The van der Waals surface area contributed by atoms with Gasteiger partial charge in [-0.15, -0.1) is 0 Å². The first-order valence-corrected chi connectivity index (χ1v) is 6.88. The van der Waals surface area contributed by atoms with Gasteiger partial charge in [0.15, 0.2) is 0 Å². The van der Waals surface area contributed by atoms with Gasteiger partial charge >= 0.3 is 0 Å². The number of benzene rings is 1. The van der Waals surface area contributed by atoms with E-state index in [0.29, 0.717) is 19.0 Å². The second-order valence-electron chi connectivity index (χ2n) is 5.14. The van der Waals surface area contributed by atoms with Gasteiger partial charge in [-0.1, -0.05) is 0 Å². The van der Waals surface area contributed by atoms with E-state index >= 15 is 0 Å². The minimum atomic E-state index is -0.406. The molecule has 2 aromatic rings. The molecule has 1 aliphatic rings. The highest BCUT2D eigenvalue weighted by Gasteiger charge is 2.29. The van der Waals surface area contributed by atoms with Crippen LogP contribution in [-0.2, 0) is 0 Å². The highest BCUT2D eigenvalue weighted by atomic mass is 16.6. The van der Waals surface area contributed by atoms with E-state index in [0.717, 1.165) is 29.6 Å². The first-order chi connectivity index (χ1) is 10.2. The van der Waals surface area contributed by atoms with E-state index in [4.69, 9.17) is 5.26 Å². The molecule has 1 aliphatic carbocycles. The largest absolute Gasteiger partial charge is 0.353 e. The number of aromatic nitrogens is 1. The molecule has 0 N–H and O–H groups in total. The molecule has 0 unspecified atom stereocenters. The summed E-state index contributed by atoms with van der Waals surface area (Å²) in [5.74, 6) is 0.842. The van der Waals surface area contributed by atoms with Crippen LogP contribution in [0.5, 0.6) is 0 Å². The Labute approximate surface area is 121 Å². The Morgan fingerprint density at radius 2 is 2.19 bits per heavy atom. The molecule has 1 saturated carbocycles. The van der Waals surface area contributed by atoms with Crippen molar-refractivity contribution in [2.24, 2.45) is 0 Å². The first kappa shape index (κ1) is 13.3. The zero-order valence-corrected chi connectivity index (χ0v) is 11.4. The minimum absolute atomic E-state index is 0.0700. The molecule has 106 valence electrons. The second-order valence-corrected chi connectivity index (χ2v) is 5.14. The van der Waals surface area contributed by atoms with Crippen LogP contribution >= 0.6 is 0 Å². The number of non-ortho nitro benzene ring substituents is 1. The number of nitro benzene ring substituents is 1. The Bertz CT molecular complexity index is 734. The summed E-state index contributed by atoms with van der Waals surface area (Å²) in [6, 6.07) is 11.0. The number of anilines is 1. The third kappa shape index (κ3) is 2.77. The lowest BCUT2D eigenvalue weighted by molar-refractivity contribution is -0.384. The number of fused-ring (bicyclic) bond motifs is 1. The van der Waals surface area contributed by atoms with Gasteiger partial charge in [0.2, 0.25) is 0 Å². The lowest BCUT2D eigenvalue weighted by Crippen LogP contribution is -2.27. The van der Waals surface area contributed by atoms with Gasteiger partial charge in [-0.2, -0.15) is 5.26 Å². The first-order valence-electron chi connectivity index (χ1n) is 6.88. The van der Waals surface area contributed by atoms with E-state index < -0.39 is 4.92 Å². The lowest BCUT2D eigenvalue weighted by atomic mass is 10.2. The summed E-state index contributed by atoms with van der Waals surface area (Å²) in [6.07, 6.45) is 2.73. The van der Waals surface area contributed by atoms with Crippen LogP contribution in [0.4, 0.5) is 11.5 Å². The molecule has 6 nitrogen and oxygen atoms in total. The van der Waals surface area contributed by atoms with E-state index in [1.807, 2.05) is 12.1 Å².